The predicted octanol–water partition coefficient (Wildman–Crippen LogP) is 2.33. The Hall–Kier alpha value is -1.22. The zero-order valence-electron chi connectivity index (χ0n) is 11.8. The Labute approximate surface area is 111 Å². The predicted molar refractivity (Wildman–Crippen MR) is 79.7 cm³/mol. The van der Waals surface area contributed by atoms with Crippen LogP contribution in [0.2, 0.25) is 0 Å². The number of benzene rings is 1. The van der Waals surface area contributed by atoms with E-state index in [1.165, 1.54) is 24.2 Å². The van der Waals surface area contributed by atoms with Gasteiger partial charge in [-0.15, -0.1) is 0 Å². The molecule has 0 unspecified atom stereocenters. The Morgan fingerprint density at radius 1 is 1.22 bits per heavy atom. The minimum absolute atomic E-state index is 0.706. The summed E-state index contributed by atoms with van der Waals surface area (Å²) in [5.41, 5.74) is 2.69. The smallest absolute Gasteiger partial charge is 0.0603 e. The molecule has 0 spiro atoms. The number of nitrogens with one attached hydrogen (secondary N) is 1. The van der Waals surface area contributed by atoms with E-state index in [9.17, 15) is 0 Å². The monoisotopic (exact) mass is 247 g/mol. The van der Waals surface area contributed by atoms with Crippen LogP contribution in [0, 0.1) is 0 Å². The van der Waals surface area contributed by atoms with Gasteiger partial charge in [-0.2, -0.15) is 0 Å². The van der Waals surface area contributed by atoms with Gasteiger partial charge in [-0.1, -0.05) is 19.1 Å². The van der Waals surface area contributed by atoms with E-state index >= 15 is 0 Å². The van der Waals surface area contributed by atoms with Crippen LogP contribution in [0.25, 0.3) is 0 Å². The van der Waals surface area contributed by atoms with E-state index in [1.54, 1.807) is 0 Å². The number of anilines is 2. The van der Waals surface area contributed by atoms with Gasteiger partial charge >= 0.3 is 0 Å². The highest BCUT2D eigenvalue weighted by atomic mass is 15.2. The number of piperidine rings is 1. The van der Waals surface area contributed by atoms with Gasteiger partial charge in [-0.05, 0) is 31.5 Å². The molecule has 1 aromatic carbocycles. The molecule has 0 amide bonds. The summed E-state index contributed by atoms with van der Waals surface area (Å²) >= 11 is 0. The maximum Gasteiger partial charge on any atom is 0.0603 e. The van der Waals surface area contributed by atoms with Crippen molar-refractivity contribution < 1.29 is 0 Å². The lowest BCUT2D eigenvalue weighted by Gasteiger charge is -2.35. The maximum absolute atomic E-state index is 3.56. The quantitative estimate of drug-likeness (QED) is 0.881. The minimum Gasteiger partial charge on any atom is -0.376 e. The summed E-state index contributed by atoms with van der Waals surface area (Å²) in [6.07, 6.45) is 2.49. The third-order valence-electron chi connectivity index (χ3n) is 3.69. The fourth-order valence-corrected chi connectivity index (χ4v) is 2.72. The van der Waals surface area contributed by atoms with Crippen molar-refractivity contribution >= 4 is 11.4 Å². The molecule has 0 aromatic heterocycles. The van der Waals surface area contributed by atoms with Gasteiger partial charge in [0.05, 0.1) is 11.4 Å². The number of hydrogen-bond acceptors (Lipinski definition) is 3. The van der Waals surface area contributed by atoms with Gasteiger partial charge in [-0.3, -0.25) is 0 Å². The van der Waals surface area contributed by atoms with E-state index in [0.717, 1.165) is 19.6 Å². The van der Waals surface area contributed by atoms with Crippen LogP contribution in [0.4, 0.5) is 11.4 Å². The summed E-state index contributed by atoms with van der Waals surface area (Å²) in [4.78, 5) is 4.72. The van der Waals surface area contributed by atoms with Crippen LogP contribution in [0.1, 0.15) is 19.8 Å². The lowest BCUT2D eigenvalue weighted by molar-refractivity contribution is 0.424. The summed E-state index contributed by atoms with van der Waals surface area (Å²) in [5.74, 6) is 0. The Morgan fingerprint density at radius 2 is 1.89 bits per heavy atom. The highest BCUT2D eigenvalue weighted by molar-refractivity contribution is 5.70. The molecule has 1 aromatic rings. The lowest BCUT2D eigenvalue weighted by Crippen LogP contribution is -2.42. The summed E-state index contributed by atoms with van der Waals surface area (Å²) in [6.45, 7) is 5.58. The van der Waals surface area contributed by atoms with Crippen LogP contribution in [-0.2, 0) is 0 Å². The molecule has 1 saturated heterocycles. The zero-order valence-corrected chi connectivity index (χ0v) is 11.8. The maximum atomic E-state index is 3.56. The minimum atomic E-state index is 0.706. The molecule has 100 valence electrons. The summed E-state index contributed by atoms with van der Waals surface area (Å²) in [6, 6.07) is 9.40. The van der Waals surface area contributed by atoms with Crippen molar-refractivity contribution in [1.82, 2.24) is 5.32 Å². The van der Waals surface area contributed by atoms with Gasteiger partial charge in [0.25, 0.3) is 0 Å². The first-order chi connectivity index (χ1) is 8.72. The summed E-state index contributed by atoms with van der Waals surface area (Å²) in [5, 5.41) is 3.56. The third kappa shape index (κ3) is 2.96. The first-order valence-electron chi connectivity index (χ1n) is 6.97. The van der Waals surface area contributed by atoms with Crippen LogP contribution in [0.3, 0.4) is 0 Å². The highest BCUT2D eigenvalue weighted by Crippen LogP contribution is 2.29. The van der Waals surface area contributed by atoms with E-state index in [0.29, 0.717) is 6.04 Å². The van der Waals surface area contributed by atoms with E-state index in [4.69, 9.17) is 0 Å². The lowest BCUT2D eigenvalue weighted by atomic mass is 10.0. The molecule has 0 aliphatic carbocycles. The van der Waals surface area contributed by atoms with Crippen LogP contribution >= 0.6 is 0 Å². The van der Waals surface area contributed by atoms with Gasteiger partial charge in [-0.25, -0.2) is 0 Å². The molecule has 3 heteroatoms. The average Bonchev–Trinajstić information content (AvgIpc) is 2.40. The summed E-state index contributed by atoms with van der Waals surface area (Å²) in [7, 11) is 4.23. The number of nitrogens with zero attached hydrogens (tertiary/aromatic N) is 2. The van der Waals surface area contributed by atoms with Gasteiger partial charge in [0.1, 0.15) is 0 Å². The molecule has 1 fully saturated rings. The van der Waals surface area contributed by atoms with Gasteiger partial charge in [0.15, 0.2) is 0 Å². The van der Waals surface area contributed by atoms with Crippen molar-refractivity contribution in [3.8, 4) is 0 Å². The second-order valence-corrected chi connectivity index (χ2v) is 5.20. The molecule has 1 N–H and O–H groups in total. The highest BCUT2D eigenvalue weighted by Gasteiger charge is 2.20. The van der Waals surface area contributed by atoms with E-state index in [2.05, 4.69) is 60.4 Å². The molecular formula is C15H25N3. The normalized spacial score (nSPS) is 16.9. The molecule has 2 rings (SSSR count). The van der Waals surface area contributed by atoms with Gasteiger partial charge in [0.2, 0.25) is 0 Å². The largest absolute Gasteiger partial charge is 0.376 e. The Bertz CT molecular complexity index is 368. The zero-order chi connectivity index (χ0) is 13.0. The molecule has 18 heavy (non-hydrogen) atoms. The SMILES string of the molecule is CCNC1CCN(c2ccccc2N(C)C)CC1. The molecule has 1 aliphatic heterocycles. The van der Waals surface area contributed by atoms with Crippen molar-refractivity contribution in [3.63, 3.8) is 0 Å². The number of para-hydroxylation sites is 2. The van der Waals surface area contributed by atoms with Crippen molar-refractivity contribution in [1.29, 1.82) is 0 Å². The van der Waals surface area contributed by atoms with Crippen LogP contribution in [0.15, 0.2) is 24.3 Å². The van der Waals surface area contributed by atoms with E-state index < -0.39 is 0 Å². The number of hydrogen-bond donors (Lipinski definition) is 1. The molecule has 1 aliphatic rings. The van der Waals surface area contributed by atoms with Gasteiger partial charge < -0.3 is 15.1 Å². The Morgan fingerprint density at radius 3 is 2.50 bits per heavy atom. The van der Waals surface area contributed by atoms with Crippen molar-refractivity contribution in [2.24, 2.45) is 0 Å². The summed E-state index contributed by atoms with van der Waals surface area (Å²) < 4.78 is 0. The molecule has 0 radical (unpaired) electrons. The Kier molecular flexibility index (Phi) is 4.48. The van der Waals surface area contributed by atoms with Crippen LogP contribution in [-0.4, -0.2) is 39.8 Å². The molecular weight excluding hydrogens is 222 g/mol. The average molecular weight is 247 g/mol. The molecule has 1 heterocycles. The standard InChI is InChI=1S/C15H25N3/c1-4-16-13-9-11-18(12-10-13)15-8-6-5-7-14(15)17(2)3/h5-8,13,16H,4,9-12H2,1-3H3. The fourth-order valence-electron chi connectivity index (χ4n) is 2.72. The second-order valence-electron chi connectivity index (χ2n) is 5.20. The van der Waals surface area contributed by atoms with E-state index in [1.807, 2.05) is 0 Å². The Balaban J connectivity index is 2.05. The fraction of sp³-hybridized carbons (Fsp3) is 0.600. The second kappa shape index (κ2) is 6.10. The molecule has 0 bridgehead atoms. The van der Waals surface area contributed by atoms with Crippen LogP contribution < -0.4 is 15.1 Å². The number of rotatable bonds is 4. The van der Waals surface area contributed by atoms with Gasteiger partial charge in [0, 0.05) is 33.2 Å². The van der Waals surface area contributed by atoms with Crippen molar-refractivity contribution in [2.75, 3.05) is 43.5 Å². The third-order valence-corrected chi connectivity index (χ3v) is 3.69. The van der Waals surface area contributed by atoms with Crippen molar-refractivity contribution in [2.45, 2.75) is 25.8 Å². The van der Waals surface area contributed by atoms with Crippen LogP contribution in [0.5, 0.6) is 0 Å². The topological polar surface area (TPSA) is 18.5 Å². The van der Waals surface area contributed by atoms with Crippen molar-refractivity contribution in [3.05, 3.63) is 24.3 Å². The molecule has 0 atom stereocenters. The van der Waals surface area contributed by atoms with E-state index in [-0.39, 0.29) is 0 Å². The molecule has 3 nitrogen and oxygen atoms in total. The first-order valence-corrected chi connectivity index (χ1v) is 6.97. The molecule has 0 saturated carbocycles. The first kappa shape index (κ1) is 13.2.